The fourth-order valence-corrected chi connectivity index (χ4v) is 2.09. The van der Waals surface area contributed by atoms with Gasteiger partial charge in [0.2, 0.25) is 5.91 Å². The Labute approximate surface area is 129 Å². The summed E-state index contributed by atoms with van der Waals surface area (Å²) in [7, 11) is 0. The number of aromatic nitrogens is 2. The smallest absolute Gasteiger partial charge is 0.277 e. The van der Waals surface area contributed by atoms with Crippen molar-refractivity contribution < 1.29 is 14.0 Å². The molecule has 1 aromatic heterocycles. The van der Waals surface area contributed by atoms with Crippen molar-refractivity contribution in [1.29, 1.82) is 0 Å². The molecule has 2 rings (SSSR count). The van der Waals surface area contributed by atoms with Crippen molar-refractivity contribution in [3.8, 4) is 0 Å². The Bertz CT molecular complexity index is 743. The number of halogens is 3. The molecule has 0 atom stereocenters. The van der Waals surface area contributed by atoms with Crippen LogP contribution in [0.1, 0.15) is 27.8 Å². The van der Waals surface area contributed by atoms with Gasteiger partial charge in [0.25, 0.3) is 5.91 Å². The van der Waals surface area contributed by atoms with E-state index in [1.54, 1.807) is 13.0 Å². The molecule has 5 nitrogen and oxygen atoms in total. The molecule has 21 heavy (non-hydrogen) atoms. The lowest BCUT2D eigenvalue weighted by Gasteiger charge is -2.05. The van der Waals surface area contributed by atoms with Crippen LogP contribution >= 0.6 is 23.2 Å². The van der Waals surface area contributed by atoms with Crippen LogP contribution in [0.25, 0.3) is 0 Å². The summed E-state index contributed by atoms with van der Waals surface area (Å²) in [6.45, 7) is 2.94. The third-order valence-electron chi connectivity index (χ3n) is 2.66. The summed E-state index contributed by atoms with van der Waals surface area (Å²) in [6.07, 6.45) is 0. The van der Waals surface area contributed by atoms with Gasteiger partial charge in [0.1, 0.15) is 10.8 Å². The number of nitrogens with zero attached hydrogens (tertiary/aromatic N) is 2. The molecule has 110 valence electrons. The van der Waals surface area contributed by atoms with Crippen molar-refractivity contribution in [3.63, 3.8) is 0 Å². The zero-order valence-electron chi connectivity index (χ0n) is 11.1. The Morgan fingerprint density at radius 2 is 2.00 bits per heavy atom. The molecular weight excluding hydrogens is 320 g/mol. The van der Waals surface area contributed by atoms with Crippen molar-refractivity contribution in [2.24, 2.45) is 0 Å². The minimum absolute atomic E-state index is 0.0184. The fourth-order valence-electron chi connectivity index (χ4n) is 1.64. The zero-order valence-corrected chi connectivity index (χ0v) is 12.6. The Kier molecular flexibility index (Phi) is 4.29. The van der Waals surface area contributed by atoms with E-state index in [9.17, 15) is 14.0 Å². The molecule has 1 amide bonds. The Balaban J connectivity index is 2.33. The van der Waals surface area contributed by atoms with Gasteiger partial charge in [-0.15, -0.1) is 0 Å². The summed E-state index contributed by atoms with van der Waals surface area (Å²) >= 11 is 11.7. The molecule has 1 N–H and O–H groups in total. The molecule has 1 aromatic carbocycles. The summed E-state index contributed by atoms with van der Waals surface area (Å²) in [5, 5.41) is 5.71. The Morgan fingerprint density at radius 1 is 1.33 bits per heavy atom. The van der Waals surface area contributed by atoms with Gasteiger partial charge in [0.15, 0.2) is 10.8 Å². The Morgan fingerprint density at radius 3 is 2.52 bits per heavy atom. The highest BCUT2D eigenvalue weighted by Crippen LogP contribution is 2.26. The van der Waals surface area contributed by atoms with Gasteiger partial charge in [0.05, 0.1) is 5.69 Å². The number of benzene rings is 1. The summed E-state index contributed by atoms with van der Waals surface area (Å²) in [4.78, 5) is 23.3. The average molecular weight is 330 g/mol. The molecule has 0 aliphatic rings. The number of amides is 1. The molecule has 1 heterocycles. The maximum Gasteiger partial charge on any atom is 0.277 e. The summed E-state index contributed by atoms with van der Waals surface area (Å²) < 4.78 is 14.5. The van der Waals surface area contributed by atoms with E-state index < -0.39 is 17.6 Å². The number of carbonyl (C=O) groups is 2. The molecule has 0 bridgehead atoms. The topological polar surface area (TPSA) is 64.0 Å². The van der Waals surface area contributed by atoms with E-state index in [2.05, 4.69) is 10.4 Å². The van der Waals surface area contributed by atoms with E-state index >= 15 is 0 Å². The third kappa shape index (κ3) is 3.06. The zero-order chi connectivity index (χ0) is 15.7. The molecule has 0 radical (unpaired) electrons. The van der Waals surface area contributed by atoms with Crippen LogP contribution in [0.5, 0.6) is 0 Å². The van der Waals surface area contributed by atoms with Gasteiger partial charge in [-0.05, 0) is 24.6 Å². The van der Waals surface area contributed by atoms with E-state index in [0.717, 1.165) is 4.68 Å². The minimum Gasteiger partial charge on any atom is -0.318 e. The average Bonchev–Trinajstić information content (AvgIpc) is 2.70. The molecular formula is C13H10Cl2FN3O2. The van der Waals surface area contributed by atoms with E-state index in [0.29, 0.717) is 5.56 Å². The van der Waals surface area contributed by atoms with Crippen LogP contribution in [0, 0.1) is 12.7 Å². The molecule has 0 saturated heterocycles. The summed E-state index contributed by atoms with van der Waals surface area (Å²) in [5.41, 5.74) is 0.444. The van der Waals surface area contributed by atoms with Gasteiger partial charge in [-0.1, -0.05) is 29.3 Å². The lowest BCUT2D eigenvalue weighted by Crippen LogP contribution is -2.16. The normalized spacial score (nSPS) is 10.5. The molecule has 0 saturated carbocycles. The first-order chi connectivity index (χ1) is 9.81. The first kappa shape index (κ1) is 15.5. The molecule has 8 heteroatoms. The predicted octanol–water partition coefficient (Wildman–Crippen LogP) is 3.55. The van der Waals surface area contributed by atoms with Gasteiger partial charge in [-0.3, -0.25) is 9.59 Å². The molecule has 2 aromatic rings. The highest BCUT2D eigenvalue weighted by Gasteiger charge is 2.23. The van der Waals surface area contributed by atoms with Crippen LogP contribution in [0.2, 0.25) is 10.2 Å². The Hall–Kier alpha value is -1.92. The van der Waals surface area contributed by atoms with Gasteiger partial charge in [-0.25, -0.2) is 4.39 Å². The van der Waals surface area contributed by atoms with Crippen LogP contribution in [0.3, 0.4) is 0 Å². The first-order valence-corrected chi connectivity index (χ1v) is 6.59. The standard InChI is InChI=1S/C13H10Cl2FN3O2/c1-6-3-4-9(8(16)5-6)17-13(21)11-10(14)12(15)19(18-11)7(2)20/h3-5H,1-2H3,(H,17,21). The van der Waals surface area contributed by atoms with Crippen LogP contribution < -0.4 is 5.32 Å². The minimum atomic E-state index is -0.760. The van der Waals surface area contributed by atoms with Gasteiger partial charge < -0.3 is 5.32 Å². The van der Waals surface area contributed by atoms with Gasteiger partial charge in [0, 0.05) is 6.92 Å². The van der Waals surface area contributed by atoms with E-state index in [1.807, 2.05) is 0 Å². The van der Waals surface area contributed by atoms with E-state index in [-0.39, 0.29) is 21.6 Å². The van der Waals surface area contributed by atoms with Crippen molar-refractivity contribution in [1.82, 2.24) is 9.78 Å². The largest absolute Gasteiger partial charge is 0.318 e. The second kappa shape index (κ2) is 5.83. The lowest BCUT2D eigenvalue weighted by atomic mass is 10.2. The molecule has 0 aliphatic heterocycles. The quantitative estimate of drug-likeness (QED) is 0.916. The lowest BCUT2D eigenvalue weighted by molar-refractivity contribution is 0.0920. The van der Waals surface area contributed by atoms with Crippen LogP contribution in [0.15, 0.2) is 18.2 Å². The highest BCUT2D eigenvalue weighted by molar-refractivity contribution is 6.44. The number of anilines is 1. The van der Waals surface area contributed by atoms with Crippen LogP contribution in [-0.2, 0) is 0 Å². The second-order valence-electron chi connectivity index (χ2n) is 4.32. The maximum absolute atomic E-state index is 13.7. The summed E-state index contributed by atoms with van der Waals surface area (Å²) in [5.74, 6) is -1.84. The molecule has 0 unspecified atom stereocenters. The van der Waals surface area contributed by atoms with Crippen molar-refractivity contribution in [2.75, 3.05) is 5.32 Å². The fraction of sp³-hybridized carbons (Fsp3) is 0.154. The number of rotatable bonds is 2. The number of hydrogen-bond donors (Lipinski definition) is 1. The second-order valence-corrected chi connectivity index (χ2v) is 5.06. The number of aryl methyl sites for hydroxylation is 1. The van der Waals surface area contributed by atoms with Crippen molar-refractivity contribution in [2.45, 2.75) is 13.8 Å². The highest BCUT2D eigenvalue weighted by atomic mass is 35.5. The van der Waals surface area contributed by atoms with E-state index in [4.69, 9.17) is 23.2 Å². The molecule has 0 fully saturated rings. The van der Waals surface area contributed by atoms with Gasteiger partial charge in [-0.2, -0.15) is 9.78 Å². The van der Waals surface area contributed by atoms with Crippen molar-refractivity contribution in [3.05, 3.63) is 45.4 Å². The SMILES string of the molecule is CC(=O)n1nc(C(=O)Nc2ccc(C)cc2F)c(Cl)c1Cl. The third-order valence-corrected chi connectivity index (χ3v) is 3.46. The van der Waals surface area contributed by atoms with Crippen LogP contribution in [-0.4, -0.2) is 21.6 Å². The monoisotopic (exact) mass is 329 g/mol. The first-order valence-electron chi connectivity index (χ1n) is 5.83. The predicted molar refractivity (Wildman–Crippen MR) is 77.6 cm³/mol. The number of nitrogens with one attached hydrogen (secondary N) is 1. The summed E-state index contributed by atoms with van der Waals surface area (Å²) in [6, 6.07) is 4.33. The number of hydrogen-bond acceptors (Lipinski definition) is 3. The molecule has 0 aliphatic carbocycles. The van der Waals surface area contributed by atoms with Crippen LogP contribution in [0.4, 0.5) is 10.1 Å². The van der Waals surface area contributed by atoms with Gasteiger partial charge >= 0.3 is 0 Å². The van der Waals surface area contributed by atoms with E-state index in [1.165, 1.54) is 19.1 Å². The number of carbonyl (C=O) groups excluding carboxylic acids is 2. The maximum atomic E-state index is 13.7. The molecule has 0 spiro atoms. The van der Waals surface area contributed by atoms with Crippen molar-refractivity contribution >= 4 is 40.7 Å².